The Balaban J connectivity index is 2.26. The first-order chi connectivity index (χ1) is 8.65. The lowest BCUT2D eigenvalue weighted by Gasteiger charge is -1.97. The van der Waals surface area contributed by atoms with Crippen LogP contribution in [-0.2, 0) is 0 Å². The van der Waals surface area contributed by atoms with Crippen LogP contribution in [0.3, 0.4) is 0 Å². The lowest BCUT2D eigenvalue weighted by Crippen LogP contribution is -1.82. The summed E-state index contributed by atoms with van der Waals surface area (Å²) >= 11 is 9.61. The van der Waals surface area contributed by atoms with Crippen LogP contribution in [0.15, 0.2) is 35.1 Å². The van der Waals surface area contributed by atoms with E-state index in [2.05, 4.69) is 30.9 Å². The summed E-state index contributed by atoms with van der Waals surface area (Å²) in [5.74, 6) is 0.763. The minimum Gasteiger partial charge on any atom is -0.338 e. The Morgan fingerprint density at radius 1 is 1.33 bits per heavy atom. The van der Waals surface area contributed by atoms with E-state index in [0.29, 0.717) is 5.02 Å². The van der Waals surface area contributed by atoms with Crippen molar-refractivity contribution < 1.29 is 0 Å². The number of aryl methyl sites for hydroxylation is 1. The molecular weight excluding hydrogens is 314 g/mol. The van der Waals surface area contributed by atoms with Crippen LogP contribution >= 0.6 is 27.5 Å². The van der Waals surface area contributed by atoms with Crippen LogP contribution in [0.4, 0.5) is 0 Å². The summed E-state index contributed by atoms with van der Waals surface area (Å²) in [6.45, 7) is 2.03. The molecule has 0 amide bonds. The van der Waals surface area contributed by atoms with Gasteiger partial charge in [0.1, 0.15) is 5.82 Å². The van der Waals surface area contributed by atoms with E-state index in [1.54, 1.807) is 12.4 Å². The van der Waals surface area contributed by atoms with Gasteiger partial charge in [-0.2, -0.15) is 0 Å². The van der Waals surface area contributed by atoms with E-state index in [-0.39, 0.29) is 0 Å². The Labute approximate surface area is 117 Å². The Hall–Kier alpha value is -1.39. The summed E-state index contributed by atoms with van der Waals surface area (Å²) in [5.41, 5.74) is 3.93. The van der Waals surface area contributed by atoms with Crippen LogP contribution in [0.1, 0.15) is 5.56 Å². The first-order valence-corrected chi connectivity index (χ1v) is 6.58. The molecule has 0 unspecified atom stereocenters. The SMILES string of the molecule is Cc1cc(Br)cc2[nH]c(-c3ccncc3Cl)nc12. The summed E-state index contributed by atoms with van der Waals surface area (Å²) in [6.07, 6.45) is 3.32. The molecule has 3 rings (SSSR count). The van der Waals surface area contributed by atoms with Gasteiger partial charge in [-0.25, -0.2) is 4.98 Å². The fraction of sp³-hybridized carbons (Fsp3) is 0.0769. The van der Waals surface area contributed by atoms with Gasteiger partial charge < -0.3 is 4.98 Å². The highest BCUT2D eigenvalue weighted by Gasteiger charge is 2.10. The number of hydrogen-bond acceptors (Lipinski definition) is 2. The van der Waals surface area contributed by atoms with E-state index in [1.165, 1.54) is 0 Å². The lowest BCUT2D eigenvalue weighted by atomic mass is 10.2. The van der Waals surface area contributed by atoms with Crippen molar-refractivity contribution in [3.8, 4) is 11.4 Å². The van der Waals surface area contributed by atoms with Crippen LogP contribution in [0.25, 0.3) is 22.4 Å². The molecule has 1 aromatic carbocycles. The van der Waals surface area contributed by atoms with Crippen LogP contribution in [0.5, 0.6) is 0 Å². The van der Waals surface area contributed by atoms with E-state index in [0.717, 1.165) is 32.5 Å². The average Bonchev–Trinajstić information content (AvgIpc) is 2.73. The molecule has 0 aliphatic heterocycles. The Morgan fingerprint density at radius 3 is 2.94 bits per heavy atom. The number of aromatic amines is 1. The second kappa shape index (κ2) is 4.37. The number of benzene rings is 1. The van der Waals surface area contributed by atoms with E-state index in [4.69, 9.17) is 11.6 Å². The maximum Gasteiger partial charge on any atom is 0.140 e. The van der Waals surface area contributed by atoms with Crippen molar-refractivity contribution in [2.75, 3.05) is 0 Å². The Morgan fingerprint density at radius 2 is 2.17 bits per heavy atom. The summed E-state index contributed by atoms with van der Waals surface area (Å²) in [4.78, 5) is 11.9. The first-order valence-electron chi connectivity index (χ1n) is 5.41. The molecule has 0 fully saturated rings. The molecule has 1 N–H and O–H groups in total. The van der Waals surface area contributed by atoms with Crippen molar-refractivity contribution in [1.29, 1.82) is 0 Å². The molecule has 2 aromatic heterocycles. The highest BCUT2D eigenvalue weighted by atomic mass is 79.9. The monoisotopic (exact) mass is 321 g/mol. The second-order valence-corrected chi connectivity index (χ2v) is 5.38. The lowest BCUT2D eigenvalue weighted by molar-refractivity contribution is 1.28. The number of rotatable bonds is 1. The molecule has 0 bridgehead atoms. The van der Waals surface area contributed by atoms with Crippen LogP contribution in [0.2, 0.25) is 5.02 Å². The Bertz CT molecular complexity index is 736. The third kappa shape index (κ3) is 1.91. The maximum atomic E-state index is 6.13. The third-order valence-electron chi connectivity index (χ3n) is 2.77. The van der Waals surface area contributed by atoms with Gasteiger partial charge in [0.25, 0.3) is 0 Å². The number of nitrogens with zero attached hydrogens (tertiary/aromatic N) is 2. The van der Waals surface area contributed by atoms with Gasteiger partial charge in [0.2, 0.25) is 0 Å². The number of aromatic nitrogens is 3. The van der Waals surface area contributed by atoms with Gasteiger partial charge in [-0.05, 0) is 30.7 Å². The topological polar surface area (TPSA) is 41.6 Å². The number of hydrogen-bond donors (Lipinski definition) is 1. The smallest absolute Gasteiger partial charge is 0.140 e. The molecular formula is C13H9BrClN3. The van der Waals surface area contributed by atoms with Gasteiger partial charge in [0, 0.05) is 22.4 Å². The van der Waals surface area contributed by atoms with E-state index >= 15 is 0 Å². The van der Waals surface area contributed by atoms with Crippen LogP contribution < -0.4 is 0 Å². The van der Waals surface area contributed by atoms with Crippen molar-refractivity contribution in [1.82, 2.24) is 15.0 Å². The average molecular weight is 323 g/mol. The summed E-state index contributed by atoms with van der Waals surface area (Å²) < 4.78 is 1.03. The normalized spacial score (nSPS) is 11.1. The summed E-state index contributed by atoms with van der Waals surface area (Å²) in [6, 6.07) is 5.90. The molecule has 90 valence electrons. The van der Waals surface area contributed by atoms with Crippen LogP contribution in [-0.4, -0.2) is 15.0 Å². The molecule has 0 saturated heterocycles. The van der Waals surface area contributed by atoms with E-state index < -0.39 is 0 Å². The number of fused-ring (bicyclic) bond motifs is 1. The highest BCUT2D eigenvalue weighted by Crippen LogP contribution is 2.29. The fourth-order valence-electron chi connectivity index (χ4n) is 1.94. The zero-order valence-electron chi connectivity index (χ0n) is 9.54. The van der Waals surface area contributed by atoms with Gasteiger partial charge in [0.15, 0.2) is 0 Å². The van der Waals surface area contributed by atoms with E-state index in [9.17, 15) is 0 Å². The second-order valence-electron chi connectivity index (χ2n) is 4.06. The minimum atomic E-state index is 0.591. The maximum absolute atomic E-state index is 6.13. The zero-order chi connectivity index (χ0) is 12.7. The molecule has 0 aliphatic carbocycles. The quantitative estimate of drug-likeness (QED) is 0.723. The molecule has 3 aromatic rings. The number of halogens is 2. The van der Waals surface area contributed by atoms with Crippen molar-refractivity contribution in [2.24, 2.45) is 0 Å². The minimum absolute atomic E-state index is 0.591. The van der Waals surface area contributed by atoms with Gasteiger partial charge in [-0.3, -0.25) is 4.98 Å². The molecule has 0 saturated carbocycles. The van der Waals surface area contributed by atoms with Gasteiger partial charge in [0.05, 0.1) is 16.1 Å². The van der Waals surface area contributed by atoms with Crippen molar-refractivity contribution in [2.45, 2.75) is 6.92 Å². The molecule has 0 radical (unpaired) electrons. The molecule has 2 heterocycles. The number of H-pyrrole nitrogens is 1. The molecule has 18 heavy (non-hydrogen) atoms. The van der Waals surface area contributed by atoms with Crippen molar-refractivity contribution in [3.05, 3.63) is 45.7 Å². The number of imidazole rings is 1. The van der Waals surface area contributed by atoms with Crippen molar-refractivity contribution in [3.63, 3.8) is 0 Å². The van der Waals surface area contributed by atoms with Crippen molar-refractivity contribution >= 4 is 38.6 Å². The van der Waals surface area contributed by atoms with Gasteiger partial charge >= 0.3 is 0 Å². The van der Waals surface area contributed by atoms with Gasteiger partial charge in [-0.1, -0.05) is 27.5 Å². The Kier molecular flexibility index (Phi) is 2.84. The predicted octanol–water partition coefficient (Wildman–Crippen LogP) is 4.35. The fourth-order valence-corrected chi connectivity index (χ4v) is 2.72. The summed E-state index contributed by atoms with van der Waals surface area (Å²) in [5, 5.41) is 0.591. The largest absolute Gasteiger partial charge is 0.338 e. The molecule has 3 nitrogen and oxygen atoms in total. The summed E-state index contributed by atoms with van der Waals surface area (Å²) in [7, 11) is 0. The third-order valence-corrected chi connectivity index (χ3v) is 3.53. The van der Waals surface area contributed by atoms with E-state index in [1.807, 2.05) is 25.1 Å². The first kappa shape index (κ1) is 11.7. The molecule has 0 spiro atoms. The molecule has 5 heteroatoms. The predicted molar refractivity (Wildman–Crippen MR) is 76.8 cm³/mol. The highest BCUT2D eigenvalue weighted by molar-refractivity contribution is 9.10. The van der Waals surface area contributed by atoms with Crippen LogP contribution in [0, 0.1) is 6.92 Å². The molecule has 0 aliphatic rings. The zero-order valence-corrected chi connectivity index (χ0v) is 11.9. The molecule has 0 atom stereocenters. The van der Waals surface area contributed by atoms with Gasteiger partial charge in [-0.15, -0.1) is 0 Å². The number of pyridine rings is 1. The standard InChI is InChI=1S/C13H9BrClN3/c1-7-4-8(14)5-11-12(7)18-13(17-11)9-2-3-16-6-10(9)15/h2-6H,1H3,(H,17,18). The number of nitrogens with one attached hydrogen (secondary N) is 1.